The summed E-state index contributed by atoms with van der Waals surface area (Å²) in [5.41, 5.74) is 2.33. The molecule has 106 valence electrons. The lowest BCUT2D eigenvalue weighted by atomic mass is 10.1. The van der Waals surface area contributed by atoms with Gasteiger partial charge in [-0.15, -0.1) is 0 Å². The molecule has 1 saturated heterocycles. The summed E-state index contributed by atoms with van der Waals surface area (Å²) < 4.78 is 5.49. The fraction of sp³-hybridized carbons (Fsp3) is 0.438. The first-order chi connectivity index (χ1) is 9.83. The molecule has 1 aromatic heterocycles. The number of aromatic nitrogens is 1. The number of H-pyrrole nitrogens is 1. The van der Waals surface area contributed by atoms with Crippen LogP contribution in [0.4, 0.5) is 0 Å². The van der Waals surface area contributed by atoms with Crippen LogP contribution >= 0.6 is 0 Å². The molecule has 4 nitrogen and oxygen atoms in total. The number of aromatic amines is 1. The number of fused-ring (bicyclic) bond motifs is 1. The van der Waals surface area contributed by atoms with Crippen LogP contribution in [-0.2, 0) is 16.0 Å². The minimum absolute atomic E-state index is 0.103. The van der Waals surface area contributed by atoms with E-state index in [0.29, 0.717) is 13.0 Å². The lowest BCUT2D eigenvalue weighted by Crippen LogP contribution is -2.31. The van der Waals surface area contributed by atoms with E-state index in [1.807, 2.05) is 18.3 Å². The van der Waals surface area contributed by atoms with Crippen molar-refractivity contribution in [2.45, 2.75) is 31.8 Å². The number of nitrogens with one attached hydrogen (secondary N) is 2. The molecule has 4 heteroatoms. The number of benzene rings is 1. The van der Waals surface area contributed by atoms with E-state index in [2.05, 4.69) is 22.4 Å². The molecule has 1 fully saturated rings. The van der Waals surface area contributed by atoms with Gasteiger partial charge in [-0.1, -0.05) is 18.2 Å². The number of carbonyl (C=O) groups excluding carboxylic acids is 1. The second-order valence-electron chi connectivity index (χ2n) is 5.30. The monoisotopic (exact) mass is 272 g/mol. The first kappa shape index (κ1) is 13.2. The summed E-state index contributed by atoms with van der Waals surface area (Å²) in [4.78, 5) is 15.1. The molecule has 0 saturated carbocycles. The van der Waals surface area contributed by atoms with Crippen molar-refractivity contribution in [1.29, 1.82) is 0 Å². The molecule has 2 heterocycles. The van der Waals surface area contributed by atoms with Gasteiger partial charge < -0.3 is 15.0 Å². The molecule has 0 radical (unpaired) electrons. The summed E-state index contributed by atoms with van der Waals surface area (Å²) >= 11 is 0. The lowest BCUT2D eigenvalue weighted by Gasteiger charge is -2.10. The van der Waals surface area contributed by atoms with Gasteiger partial charge in [0.15, 0.2) is 0 Å². The molecule has 0 spiro atoms. The van der Waals surface area contributed by atoms with Gasteiger partial charge in [0.05, 0.1) is 6.10 Å². The Morgan fingerprint density at radius 1 is 1.40 bits per heavy atom. The highest BCUT2D eigenvalue weighted by Crippen LogP contribution is 2.18. The zero-order valence-corrected chi connectivity index (χ0v) is 11.5. The Labute approximate surface area is 118 Å². The van der Waals surface area contributed by atoms with Gasteiger partial charge >= 0.3 is 0 Å². The smallest absolute Gasteiger partial charge is 0.220 e. The van der Waals surface area contributed by atoms with Crippen LogP contribution < -0.4 is 5.32 Å². The predicted molar refractivity (Wildman–Crippen MR) is 78.6 cm³/mol. The van der Waals surface area contributed by atoms with E-state index in [1.165, 1.54) is 10.9 Å². The van der Waals surface area contributed by atoms with Crippen molar-refractivity contribution in [2.75, 3.05) is 13.2 Å². The van der Waals surface area contributed by atoms with Gasteiger partial charge in [-0.2, -0.15) is 0 Å². The topological polar surface area (TPSA) is 54.1 Å². The minimum Gasteiger partial charge on any atom is -0.376 e. The van der Waals surface area contributed by atoms with Crippen LogP contribution in [0.25, 0.3) is 10.9 Å². The minimum atomic E-state index is 0.103. The largest absolute Gasteiger partial charge is 0.376 e. The van der Waals surface area contributed by atoms with Gasteiger partial charge in [0.2, 0.25) is 5.91 Å². The number of aryl methyl sites for hydroxylation is 1. The molecule has 1 aromatic carbocycles. The van der Waals surface area contributed by atoms with Crippen molar-refractivity contribution in [3.63, 3.8) is 0 Å². The lowest BCUT2D eigenvalue weighted by molar-refractivity contribution is -0.121. The fourth-order valence-corrected chi connectivity index (χ4v) is 2.71. The highest BCUT2D eigenvalue weighted by molar-refractivity contribution is 5.84. The van der Waals surface area contributed by atoms with Crippen LogP contribution in [0.1, 0.15) is 24.8 Å². The number of hydrogen-bond acceptors (Lipinski definition) is 2. The molecule has 0 aliphatic carbocycles. The molecule has 2 N–H and O–H groups in total. The van der Waals surface area contributed by atoms with Crippen molar-refractivity contribution >= 4 is 16.8 Å². The number of amides is 1. The van der Waals surface area contributed by atoms with Crippen molar-refractivity contribution in [3.8, 4) is 0 Å². The molecule has 1 aliphatic rings. The van der Waals surface area contributed by atoms with Gasteiger partial charge in [-0.25, -0.2) is 0 Å². The Morgan fingerprint density at radius 3 is 3.15 bits per heavy atom. The van der Waals surface area contributed by atoms with E-state index >= 15 is 0 Å². The van der Waals surface area contributed by atoms with Gasteiger partial charge in [0, 0.05) is 36.7 Å². The van der Waals surface area contributed by atoms with Crippen molar-refractivity contribution in [1.82, 2.24) is 10.3 Å². The maximum absolute atomic E-state index is 11.9. The van der Waals surface area contributed by atoms with Gasteiger partial charge in [0.1, 0.15) is 0 Å². The number of para-hydroxylation sites is 1. The number of hydrogen-bond donors (Lipinski definition) is 2. The zero-order chi connectivity index (χ0) is 13.8. The van der Waals surface area contributed by atoms with Crippen molar-refractivity contribution in [3.05, 3.63) is 36.0 Å². The predicted octanol–water partition coefficient (Wildman–Crippen LogP) is 2.40. The Kier molecular flexibility index (Phi) is 4.02. The van der Waals surface area contributed by atoms with Crippen LogP contribution in [0.3, 0.4) is 0 Å². The Morgan fingerprint density at radius 2 is 2.30 bits per heavy atom. The summed E-state index contributed by atoms with van der Waals surface area (Å²) in [6.07, 6.45) is 5.67. The summed E-state index contributed by atoms with van der Waals surface area (Å²) in [5.74, 6) is 0.103. The third-order valence-corrected chi connectivity index (χ3v) is 3.85. The quantitative estimate of drug-likeness (QED) is 0.878. The van der Waals surface area contributed by atoms with E-state index < -0.39 is 0 Å². The molecule has 2 aromatic rings. The Hall–Kier alpha value is -1.81. The summed E-state index contributed by atoms with van der Waals surface area (Å²) in [7, 11) is 0. The van der Waals surface area contributed by atoms with E-state index in [1.54, 1.807) is 0 Å². The summed E-state index contributed by atoms with van der Waals surface area (Å²) in [5, 5.41) is 4.17. The van der Waals surface area contributed by atoms with Crippen LogP contribution in [0.15, 0.2) is 30.5 Å². The summed E-state index contributed by atoms with van der Waals surface area (Å²) in [6, 6.07) is 8.18. The van der Waals surface area contributed by atoms with E-state index in [9.17, 15) is 4.79 Å². The SMILES string of the molecule is O=C(CCc1c[nH]c2ccccc12)NC[C@@H]1CCCO1. The molecule has 1 atom stereocenters. The highest BCUT2D eigenvalue weighted by atomic mass is 16.5. The van der Waals surface area contributed by atoms with Crippen LogP contribution in [-0.4, -0.2) is 30.1 Å². The van der Waals surface area contributed by atoms with Crippen LogP contribution in [0.5, 0.6) is 0 Å². The van der Waals surface area contributed by atoms with Crippen LogP contribution in [0.2, 0.25) is 0 Å². The second-order valence-corrected chi connectivity index (χ2v) is 5.30. The fourth-order valence-electron chi connectivity index (χ4n) is 2.71. The van der Waals surface area contributed by atoms with Gasteiger partial charge in [0.25, 0.3) is 0 Å². The Balaban J connectivity index is 1.49. The van der Waals surface area contributed by atoms with E-state index in [-0.39, 0.29) is 12.0 Å². The number of ether oxygens (including phenoxy) is 1. The molecular formula is C16H20N2O2. The number of carbonyl (C=O) groups is 1. The summed E-state index contributed by atoms with van der Waals surface area (Å²) in [6.45, 7) is 1.47. The zero-order valence-electron chi connectivity index (χ0n) is 11.5. The molecule has 0 unspecified atom stereocenters. The second kappa shape index (κ2) is 6.09. The third kappa shape index (κ3) is 3.02. The van der Waals surface area contributed by atoms with Gasteiger partial charge in [-0.05, 0) is 30.9 Å². The van der Waals surface area contributed by atoms with E-state index in [0.717, 1.165) is 31.4 Å². The molecule has 3 rings (SSSR count). The van der Waals surface area contributed by atoms with Crippen molar-refractivity contribution < 1.29 is 9.53 Å². The average Bonchev–Trinajstić information content (AvgIpc) is 3.12. The maximum atomic E-state index is 11.9. The first-order valence-corrected chi connectivity index (χ1v) is 7.26. The first-order valence-electron chi connectivity index (χ1n) is 7.26. The Bertz CT molecular complexity index is 585. The molecular weight excluding hydrogens is 252 g/mol. The van der Waals surface area contributed by atoms with Gasteiger partial charge in [-0.3, -0.25) is 4.79 Å². The standard InChI is InChI=1S/C16H20N2O2/c19-16(18-11-13-4-3-9-20-13)8-7-12-10-17-15-6-2-1-5-14(12)15/h1-2,5-6,10,13,17H,3-4,7-9,11H2,(H,18,19)/t13-/m0/s1. The molecule has 0 bridgehead atoms. The van der Waals surface area contributed by atoms with Crippen molar-refractivity contribution in [2.24, 2.45) is 0 Å². The highest BCUT2D eigenvalue weighted by Gasteiger charge is 2.16. The number of rotatable bonds is 5. The third-order valence-electron chi connectivity index (χ3n) is 3.85. The van der Waals surface area contributed by atoms with E-state index in [4.69, 9.17) is 4.74 Å². The molecule has 1 aliphatic heterocycles. The van der Waals surface area contributed by atoms with Crippen LogP contribution in [0, 0.1) is 0 Å². The average molecular weight is 272 g/mol. The maximum Gasteiger partial charge on any atom is 0.220 e. The molecule has 1 amide bonds. The molecule has 20 heavy (non-hydrogen) atoms. The normalized spacial score (nSPS) is 18.5.